The van der Waals surface area contributed by atoms with Gasteiger partial charge in [-0.15, -0.1) is 0 Å². The lowest BCUT2D eigenvalue weighted by molar-refractivity contribution is 0.0446. The van der Waals surface area contributed by atoms with Crippen LogP contribution >= 0.6 is 0 Å². The van der Waals surface area contributed by atoms with Gasteiger partial charge in [-0.3, -0.25) is 0 Å². The van der Waals surface area contributed by atoms with Crippen molar-refractivity contribution in [3.8, 4) is 5.75 Å². The molecule has 18 heavy (non-hydrogen) atoms. The molecule has 3 nitrogen and oxygen atoms in total. The van der Waals surface area contributed by atoms with E-state index in [2.05, 4.69) is 31.3 Å². The Bertz CT molecular complexity index is 397. The van der Waals surface area contributed by atoms with E-state index >= 15 is 0 Å². The van der Waals surface area contributed by atoms with E-state index in [1.807, 2.05) is 6.07 Å². The van der Waals surface area contributed by atoms with Crippen molar-refractivity contribution in [1.82, 2.24) is 5.32 Å². The predicted octanol–water partition coefficient (Wildman–Crippen LogP) is 2.66. The number of hydrogen-bond acceptors (Lipinski definition) is 3. The molecule has 1 aromatic rings. The Morgan fingerprint density at radius 2 is 2.06 bits per heavy atom. The minimum atomic E-state index is 0.214. The zero-order valence-electron chi connectivity index (χ0n) is 11.6. The van der Waals surface area contributed by atoms with Gasteiger partial charge in [0.15, 0.2) is 0 Å². The molecule has 1 aliphatic heterocycles. The second-order valence-corrected chi connectivity index (χ2v) is 5.33. The minimum Gasteiger partial charge on any atom is -0.496 e. The van der Waals surface area contributed by atoms with E-state index in [1.165, 1.54) is 11.1 Å². The summed E-state index contributed by atoms with van der Waals surface area (Å²) in [5.74, 6) is 0.955. The van der Waals surface area contributed by atoms with Crippen LogP contribution < -0.4 is 10.1 Å². The summed E-state index contributed by atoms with van der Waals surface area (Å²) in [5.41, 5.74) is 2.71. The van der Waals surface area contributed by atoms with E-state index in [0.29, 0.717) is 0 Å². The molecule has 1 saturated heterocycles. The van der Waals surface area contributed by atoms with Gasteiger partial charge in [-0.2, -0.15) is 0 Å². The Kier molecular flexibility index (Phi) is 4.25. The molecule has 0 atom stereocenters. The monoisotopic (exact) mass is 249 g/mol. The van der Waals surface area contributed by atoms with Crippen molar-refractivity contribution >= 4 is 0 Å². The highest BCUT2D eigenvalue weighted by Gasteiger charge is 2.26. The molecule has 1 N–H and O–H groups in total. The maximum Gasteiger partial charge on any atom is 0.121 e. The first-order chi connectivity index (χ1) is 8.63. The zero-order chi connectivity index (χ0) is 13.0. The van der Waals surface area contributed by atoms with Crippen molar-refractivity contribution in [1.29, 1.82) is 0 Å². The van der Waals surface area contributed by atoms with Gasteiger partial charge in [-0.25, -0.2) is 0 Å². The van der Waals surface area contributed by atoms with Crippen LogP contribution in [0.25, 0.3) is 0 Å². The van der Waals surface area contributed by atoms with Crippen molar-refractivity contribution in [2.24, 2.45) is 0 Å². The summed E-state index contributed by atoms with van der Waals surface area (Å²) < 4.78 is 10.7. The van der Waals surface area contributed by atoms with Crippen LogP contribution in [0.15, 0.2) is 18.2 Å². The van der Waals surface area contributed by atoms with Gasteiger partial charge in [-0.1, -0.05) is 12.1 Å². The van der Waals surface area contributed by atoms with Crippen LogP contribution in [0, 0.1) is 6.92 Å². The van der Waals surface area contributed by atoms with E-state index in [1.54, 1.807) is 7.11 Å². The Labute approximate surface area is 109 Å². The van der Waals surface area contributed by atoms with Crippen LogP contribution in [0.2, 0.25) is 0 Å². The van der Waals surface area contributed by atoms with Gasteiger partial charge in [0.2, 0.25) is 0 Å². The number of benzene rings is 1. The molecule has 0 radical (unpaired) electrons. The highest BCUT2D eigenvalue weighted by molar-refractivity contribution is 5.36. The van der Waals surface area contributed by atoms with E-state index in [4.69, 9.17) is 9.47 Å². The van der Waals surface area contributed by atoms with Gasteiger partial charge < -0.3 is 14.8 Å². The number of ether oxygens (including phenoxy) is 2. The van der Waals surface area contributed by atoms with E-state index in [0.717, 1.165) is 38.3 Å². The second-order valence-electron chi connectivity index (χ2n) is 5.33. The molecular formula is C15H23NO2. The number of aryl methyl sites for hydroxylation is 1. The predicted molar refractivity (Wildman–Crippen MR) is 73.0 cm³/mol. The highest BCUT2D eigenvalue weighted by Crippen LogP contribution is 2.22. The third-order valence-corrected chi connectivity index (χ3v) is 3.77. The standard InChI is InChI=1S/C15H23NO2/c1-12-10-13(4-5-14(12)17-3)11-16-15(2)6-8-18-9-7-15/h4-5,10,16H,6-9,11H2,1-3H3. The zero-order valence-corrected chi connectivity index (χ0v) is 11.6. The second kappa shape index (κ2) is 5.72. The molecule has 1 fully saturated rings. The van der Waals surface area contributed by atoms with Crippen molar-refractivity contribution in [2.75, 3.05) is 20.3 Å². The Hall–Kier alpha value is -1.06. The van der Waals surface area contributed by atoms with Crippen molar-refractivity contribution in [2.45, 2.75) is 38.8 Å². The lowest BCUT2D eigenvalue weighted by Gasteiger charge is -2.34. The van der Waals surface area contributed by atoms with Gasteiger partial charge in [0.25, 0.3) is 0 Å². The van der Waals surface area contributed by atoms with Crippen LogP contribution in [0.1, 0.15) is 30.9 Å². The molecule has 0 amide bonds. The van der Waals surface area contributed by atoms with Crippen LogP contribution in [-0.4, -0.2) is 25.9 Å². The third-order valence-electron chi connectivity index (χ3n) is 3.77. The molecule has 1 heterocycles. The summed E-state index contributed by atoms with van der Waals surface area (Å²) in [6.07, 6.45) is 2.17. The fraction of sp³-hybridized carbons (Fsp3) is 0.600. The fourth-order valence-corrected chi connectivity index (χ4v) is 2.36. The van der Waals surface area contributed by atoms with Gasteiger partial charge in [-0.05, 0) is 43.9 Å². The van der Waals surface area contributed by atoms with Gasteiger partial charge in [0.1, 0.15) is 5.75 Å². The lowest BCUT2D eigenvalue weighted by Crippen LogP contribution is -2.46. The largest absolute Gasteiger partial charge is 0.496 e. The summed E-state index contributed by atoms with van der Waals surface area (Å²) in [4.78, 5) is 0. The molecule has 0 spiro atoms. The molecule has 3 heteroatoms. The van der Waals surface area contributed by atoms with Crippen molar-refractivity contribution in [3.05, 3.63) is 29.3 Å². The Morgan fingerprint density at radius 1 is 1.33 bits per heavy atom. The topological polar surface area (TPSA) is 30.5 Å². The summed E-state index contributed by atoms with van der Waals surface area (Å²) in [7, 11) is 1.71. The molecule has 1 aromatic carbocycles. The normalized spacial score (nSPS) is 18.6. The van der Waals surface area contributed by atoms with Gasteiger partial charge in [0, 0.05) is 25.3 Å². The van der Waals surface area contributed by atoms with E-state index in [9.17, 15) is 0 Å². The van der Waals surface area contributed by atoms with Crippen LogP contribution in [0.3, 0.4) is 0 Å². The summed E-state index contributed by atoms with van der Waals surface area (Å²) >= 11 is 0. The van der Waals surface area contributed by atoms with Crippen LogP contribution in [-0.2, 0) is 11.3 Å². The number of rotatable bonds is 4. The Balaban J connectivity index is 1.95. The van der Waals surface area contributed by atoms with E-state index in [-0.39, 0.29) is 5.54 Å². The maximum absolute atomic E-state index is 5.41. The quantitative estimate of drug-likeness (QED) is 0.890. The van der Waals surface area contributed by atoms with Gasteiger partial charge >= 0.3 is 0 Å². The Morgan fingerprint density at radius 3 is 2.67 bits per heavy atom. The first-order valence-electron chi connectivity index (χ1n) is 6.59. The fourth-order valence-electron chi connectivity index (χ4n) is 2.36. The highest BCUT2D eigenvalue weighted by atomic mass is 16.5. The first kappa shape index (κ1) is 13.4. The van der Waals surface area contributed by atoms with Gasteiger partial charge in [0.05, 0.1) is 7.11 Å². The first-order valence-corrected chi connectivity index (χ1v) is 6.59. The molecule has 0 saturated carbocycles. The molecule has 0 aliphatic carbocycles. The molecule has 0 unspecified atom stereocenters. The molecule has 0 bridgehead atoms. The molecule has 100 valence electrons. The van der Waals surface area contributed by atoms with Crippen LogP contribution in [0.5, 0.6) is 5.75 Å². The van der Waals surface area contributed by atoms with Crippen molar-refractivity contribution in [3.63, 3.8) is 0 Å². The average molecular weight is 249 g/mol. The molecule has 2 rings (SSSR count). The van der Waals surface area contributed by atoms with Crippen LogP contribution in [0.4, 0.5) is 0 Å². The van der Waals surface area contributed by atoms with E-state index < -0.39 is 0 Å². The summed E-state index contributed by atoms with van der Waals surface area (Å²) in [6.45, 7) is 7.00. The molecule has 1 aliphatic rings. The summed E-state index contributed by atoms with van der Waals surface area (Å²) in [6, 6.07) is 6.36. The SMILES string of the molecule is COc1ccc(CNC2(C)CCOCC2)cc1C. The number of hydrogen-bond donors (Lipinski definition) is 1. The smallest absolute Gasteiger partial charge is 0.121 e. The number of nitrogens with one attached hydrogen (secondary N) is 1. The number of methoxy groups -OCH3 is 1. The minimum absolute atomic E-state index is 0.214. The molecule has 0 aromatic heterocycles. The third kappa shape index (κ3) is 3.24. The maximum atomic E-state index is 5.41. The summed E-state index contributed by atoms with van der Waals surface area (Å²) in [5, 5.41) is 3.66. The lowest BCUT2D eigenvalue weighted by atomic mass is 9.92. The average Bonchev–Trinajstić information content (AvgIpc) is 2.38. The van der Waals surface area contributed by atoms with Crippen molar-refractivity contribution < 1.29 is 9.47 Å². The molecular weight excluding hydrogens is 226 g/mol.